The molecular formula is C18H25N3O4S. The van der Waals surface area contributed by atoms with Crippen LogP contribution in [0.1, 0.15) is 36.5 Å². The first-order chi connectivity index (χ1) is 12.4. The third-order valence-electron chi connectivity index (χ3n) is 5.07. The Morgan fingerprint density at radius 1 is 1.12 bits per heavy atom. The minimum atomic E-state index is -3.60. The van der Waals surface area contributed by atoms with Crippen LogP contribution >= 0.6 is 0 Å². The third kappa shape index (κ3) is 4.13. The first-order valence-corrected chi connectivity index (χ1v) is 10.4. The number of nitrogens with zero attached hydrogens (tertiary/aromatic N) is 2. The Balaban J connectivity index is 1.59. The Kier molecular flexibility index (Phi) is 5.74. The average Bonchev–Trinajstić information content (AvgIpc) is 3.15. The molecule has 2 fully saturated rings. The van der Waals surface area contributed by atoms with Crippen molar-refractivity contribution in [2.75, 3.05) is 32.7 Å². The van der Waals surface area contributed by atoms with Gasteiger partial charge in [0.25, 0.3) is 0 Å². The Morgan fingerprint density at radius 3 is 2.31 bits per heavy atom. The highest BCUT2D eigenvalue weighted by Gasteiger charge is 2.31. The van der Waals surface area contributed by atoms with Gasteiger partial charge in [-0.2, -0.15) is 4.31 Å². The fourth-order valence-corrected chi connectivity index (χ4v) is 4.88. The standard InChI is InChI=1S/C18H25N3O4S/c1-14(22)15-4-6-17(7-5-15)26(24,25)21-11-9-20(10-12-21)18(23)13-16-3-2-8-19-16/h4-7,16,19H,2-3,8-13H2,1H3. The fraction of sp³-hybridized carbons (Fsp3) is 0.556. The number of nitrogens with one attached hydrogen (secondary N) is 1. The van der Waals surface area contributed by atoms with Crippen molar-refractivity contribution in [1.29, 1.82) is 0 Å². The molecule has 1 N–H and O–H groups in total. The maximum Gasteiger partial charge on any atom is 0.243 e. The molecule has 0 aromatic heterocycles. The number of piperazine rings is 1. The van der Waals surface area contributed by atoms with Crippen molar-refractivity contribution in [3.63, 3.8) is 0 Å². The van der Waals surface area contributed by atoms with E-state index in [1.54, 1.807) is 4.90 Å². The first kappa shape index (κ1) is 19.0. The van der Waals surface area contributed by atoms with Gasteiger partial charge in [0.15, 0.2) is 5.78 Å². The second-order valence-corrected chi connectivity index (χ2v) is 8.80. The van der Waals surface area contributed by atoms with Crippen molar-refractivity contribution in [3.05, 3.63) is 29.8 Å². The summed E-state index contributed by atoms with van der Waals surface area (Å²) < 4.78 is 26.9. The Labute approximate surface area is 154 Å². The van der Waals surface area contributed by atoms with E-state index >= 15 is 0 Å². The molecule has 0 saturated carbocycles. The number of hydrogen-bond acceptors (Lipinski definition) is 5. The van der Waals surface area contributed by atoms with E-state index in [1.807, 2.05) is 0 Å². The lowest BCUT2D eigenvalue weighted by Crippen LogP contribution is -2.51. The molecule has 1 aromatic rings. The highest BCUT2D eigenvalue weighted by Crippen LogP contribution is 2.19. The van der Waals surface area contributed by atoms with Gasteiger partial charge in [0.1, 0.15) is 0 Å². The molecule has 142 valence electrons. The summed E-state index contributed by atoms with van der Waals surface area (Å²) in [5.41, 5.74) is 0.486. The molecule has 0 spiro atoms. The van der Waals surface area contributed by atoms with Crippen LogP contribution in [-0.2, 0) is 14.8 Å². The number of ketones is 1. The van der Waals surface area contributed by atoms with Gasteiger partial charge < -0.3 is 10.2 Å². The zero-order chi connectivity index (χ0) is 18.7. The molecule has 2 heterocycles. The SMILES string of the molecule is CC(=O)c1ccc(S(=O)(=O)N2CCN(C(=O)CC3CCCN3)CC2)cc1. The number of benzene rings is 1. The minimum Gasteiger partial charge on any atom is -0.340 e. The summed E-state index contributed by atoms with van der Waals surface area (Å²) in [5.74, 6) is -0.00918. The first-order valence-electron chi connectivity index (χ1n) is 9.00. The number of carbonyl (C=O) groups excluding carboxylic acids is 2. The van der Waals surface area contributed by atoms with E-state index < -0.39 is 10.0 Å². The molecule has 8 heteroatoms. The van der Waals surface area contributed by atoms with E-state index in [0.29, 0.717) is 38.2 Å². The van der Waals surface area contributed by atoms with Crippen LogP contribution in [-0.4, -0.2) is 68.1 Å². The molecule has 0 radical (unpaired) electrons. The van der Waals surface area contributed by atoms with Gasteiger partial charge in [-0.3, -0.25) is 9.59 Å². The highest BCUT2D eigenvalue weighted by atomic mass is 32.2. The molecule has 2 aliphatic rings. The summed E-state index contributed by atoms with van der Waals surface area (Å²) in [6.45, 7) is 3.82. The molecule has 0 aliphatic carbocycles. The lowest BCUT2D eigenvalue weighted by atomic mass is 10.1. The zero-order valence-corrected chi connectivity index (χ0v) is 15.8. The maximum atomic E-state index is 12.8. The van der Waals surface area contributed by atoms with Gasteiger partial charge in [-0.1, -0.05) is 12.1 Å². The van der Waals surface area contributed by atoms with Crippen LogP contribution in [0.4, 0.5) is 0 Å². The van der Waals surface area contributed by atoms with E-state index in [1.165, 1.54) is 35.5 Å². The van der Waals surface area contributed by atoms with Crippen molar-refractivity contribution >= 4 is 21.7 Å². The quantitative estimate of drug-likeness (QED) is 0.767. The number of sulfonamides is 1. The zero-order valence-electron chi connectivity index (χ0n) is 15.0. The summed E-state index contributed by atoms with van der Waals surface area (Å²) in [6, 6.07) is 6.25. The van der Waals surface area contributed by atoms with Gasteiger partial charge in [0.05, 0.1) is 4.90 Å². The largest absolute Gasteiger partial charge is 0.340 e. The van der Waals surface area contributed by atoms with Crippen molar-refractivity contribution in [3.8, 4) is 0 Å². The van der Waals surface area contributed by atoms with Crippen LogP contribution in [0.5, 0.6) is 0 Å². The summed E-state index contributed by atoms with van der Waals surface area (Å²) in [4.78, 5) is 25.6. The van der Waals surface area contributed by atoms with Crippen LogP contribution in [0.2, 0.25) is 0 Å². The molecule has 26 heavy (non-hydrogen) atoms. The van der Waals surface area contributed by atoms with Crippen LogP contribution in [0.3, 0.4) is 0 Å². The van der Waals surface area contributed by atoms with Crippen molar-refractivity contribution in [2.24, 2.45) is 0 Å². The normalized spacial score (nSPS) is 21.7. The second-order valence-electron chi connectivity index (χ2n) is 6.86. The molecule has 3 rings (SSSR count). The van der Waals surface area contributed by atoms with Crippen molar-refractivity contribution in [1.82, 2.24) is 14.5 Å². The molecule has 1 unspecified atom stereocenters. The fourth-order valence-electron chi connectivity index (χ4n) is 3.46. The average molecular weight is 379 g/mol. The van der Waals surface area contributed by atoms with E-state index in [4.69, 9.17) is 0 Å². The summed E-state index contributed by atoms with van der Waals surface area (Å²) in [7, 11) is -3.60. The topological polar surface area (TPSA) is 86.8 Å². The van der Waals surface area contributed by atoms with Crippen molar-refractivity contribution in [2.45, 2.75) is 37.1 Å². The molecule has 2 aliphatic heterocycles. The van der Waals surface area contributed by atoms with Gasteiger partial charge in [-0.15, -0.1) is 0 Å². The molecule has 1 atom stereocenters. The van der Waals surface area contributed by atoms with E-state index in [0.717, 1.165) is 19.4 Å². The lowest BCUT2D eigenvalue weighted by molar-refractivity contribution is -0.132. The molecule has 7 nitrogen and oxygen atoms in total. The maximum absolute atomic E-state index is 12.8. The highest BCUT2D eigenvalue weighted by molar-refractivity contribution is 7.89. The number of hydrogen-bond donors (Lipinski definition) is 1. The molecule has 0 bridgehead atoms. The number of rotatable bonds is 5. The molecule has 1 aromatic carbocycles. The van der Waals surface area contributed by atoms with E-state index in [2.05, 4.69) is 5.32 Å². The predicted molar refractivity (Wildman–Crippen MR) is 97.4 cm³/mol. The summed E-state index contributed by atoms with van der Waals surface area (Å²) >= 11 is 0. The number of carbonyl (C=O) groups is 2. The predicted octanol–water partition coefficient (Wildman–Crippen LogP) is 0.864. The van der Waals surface area contributed by atoms with E-state index in [-0.39, 0.29) is 22.6 Å². The monoisotopic (exact) mass is 379 g/mol. The smallest absolute Gasteiger partial charge is 0.243 e. The van der Waals surface area contributed by atoms with E-state index in [9.17, 15) is 18.0 Å². The van der Waals surface area contributed by atoms with Gasteiger partial charge in [-0.25, -0.2) is 8.42 Å². The van der Waals surface area contributed by atoms with Crippen LogP contribution in [0.25, 0.3) is 0 Å². The number of Topliss-reactive ketones (excluding diaryl/α,β-unsaturated/α-hetero) is 1. The molecule has 2 saturated heterocycles. The lowest BCUT2D eigenvalue weighted by Gasteiger charge is -2.34. The Hall–Kier alpha value is -1.77. The van der Waals surface area contributed by atoms with Crippen LogP contribution in [0.15, 0.2) is 29.2 Å². The third-order valence-corrected chi connectivity index (χ3v) is 6.99. The van der Waals surface area contributed by atoms with Crippen LogP contribution < -0.4 is 5.32 Å². The second kappa shape index (κ2) is 7.85. The van der Waals surface area contributed by atoms with Crippen LogP contribution in [0, 0.1) is 0 Å². The van der Waals surface area contributed by atoms with Gasteiger partial charge in [0.2, 0.25) is 15.9 Å². The molecular weight excluding hydrogens is 354 g/mol. The molecule has 1 amide bonds. The van der Waals surface area contributed by atoms with Gasteiger partial charge in [0, 0.05) is 44.2 Å². The van der Waals surface area contributed by atoms with Gasteiger partial charge in [-0.05, 0) is 38.4 Å². The Bertz CT molecular complexity index is 762. The van der Waals surface area contributed by atoms with Gasteiger partial charge >= 0.3 is 0 Å². The minimum absolute atomic E-state index is 0.0901. The summed E-state index contributed by atoms with van der Waals surface area (Å²) in [5, 5.41) is 3.32. The number of amides is 1. The van der Waals surface area contributed by atoms with Crippen molar-refractivity contribution < 1.29 is 18.0 Å². The Morgan fingerprint density at radius 2 is 1.77 bits per heavy atom. The summed E-state index contributed by atoms with van der Waals surface area (Å²) in [6.07, 6.45) is 2.61.